The van der Waals surface area contributed by atoms with Crippen molar-refractivity contribution >= 4 is 10.0 Å². The van der Waals surface area contributed by atoms with Crippen molar-refractivity contribution in [2.24, 2.45) is 0 Å². The second-order valence-corrected chi connectivity index (χ2v) is 6.90. The first-order valence-corrected chi connectivity index (χ1v) is 8.56. The number of benzene rings is 2. The van der Waals surface area contributed by atoms with Gasteiger partial charge in [-0.3, -0.25) is 0 Å². The Labute approximate surface area is 131 Å². The highest BCUT2D eigenvalue weighted by Crippen LogP contribution is 2.13. The number of rotatable bonds is 6. The van der Waals surface area contributed by atoms with Gasteiger partial charge in [-0.05, 0) is 43.5 Å². The van der Waals surface area contributed by atoms with E-state index in [0.717, 1.165) is 6.42 Å². The van der Waals surface area contributed by atoms with Gasteiger partial charge in [0.15, 0.2) is 0 Å². The van der Waals surface area contributed by atoms with Crippen molar-refractivity contribution in [1.82, 2.24) is 4.72 Å². The molecule has 22 heavy (non-hydrogen) atoms. The highest BCUT2D eigenvalue weighted by Gasteiger charge is 2.17. The van der Waals surface area contributed by atoms with E-state index in [-0.39, 0.29) is 10.9 Å². The third-order valence-corrected chi connectivity index (χ3v) is 4.93. The Hall–Kier alpha value is -2.16. The summed E-state index contributed by atoms with van der Waals surface area (Å²) >= 11 is 0. The highest BCUT2D eigenvalue weighted by atomic mass is 32.2. The van der Waals surface area contributed by atoms with Crippen molar-refractivity contribution in [3.8, 4) is 6.07 Å². The summed E-state index contributed by atoms with van der Waals surface area (Å²) in [6.45, 7) is 1.84. The topological polar surface area (TPSA) is 70.0 Å². The lowest BCUT2D eigenvalue weighted by molar-refractivity contribution is 0.547. The summed E-state index contributed by atoms with van der Waals surface area (Å²) in [6.07, 6.45) is 1.52. The number of sulfonamides is 1. The second-order valence-electron chi connectivity index (χ2n) is 5.19. The lowest BCUT2D eigenvalue weighted by atomic mass is 10.1. The Kier molecular flexibility index (Phi) is 5.31. The van der Waals surface area contributed by atoms with Crippen LogP contribution in [0.25, 0.3) is 0 Å². The van der Waals surface area contributed by atoms with Crippen LogP contribution in [0, 0.1) is 11.3 Å². The summed E-state index contributed by atoms with van der Waals surface area (Å²) in [5.41, 5.74) is 1.51. The Morgan fingerprint density at radius 1 is 1.14 bits per heavy atom. The molecule has 0 aliphatic carbocycles. The Morgan fingerprint density at radius 3 is 2.55 bits per heavy atom. The van der Waals surface area contributed by atoms with Crippen LogP contribution in [0.4, 0.5) is 0 Å². The predicted molar refractivity (Wildman–Crippen MR) is 85.7 cm³/mol. The molecule has 0 fully saturated rings. The molecule has 2 rings (SSSR count). The van der Waals surface area contributed by atoms with E-state index in [1.54, 1.807) is 12.1 Å². The van der Waals surface area contributed by atoms with E-state index in [0.29, 0.717) is 12.0 Å². The maximum absolute atomic E-state index is 12.3. The number of aryl methyl sites for hydroxylation is 1. The molecule has 0 bridgehead atoms. The van der Waals surface area contributed by atoms with Crippen LogP contribution in [0.15, 0.2) is 59.5 Å². The molecule has 0 saturated heterocycles. The lowest BCUT2D eigenvalue weighted by Gasteiger charge is -2.14. The van der Waals surface area contributed by atoms with E-state index in [1.807, 2.05) is 43.3 Å². The van der Waals surface area contributed by atoms with Crippen LogP contribution in [-0.4, -0.2) is 14.5 Å². The van der Waals surface area contributed by atoms with Gasteiger partial charge in [-0.2, -0.15) is 5.26 Å². The molecule has 0 aliphatic heterocycles. The molecule has 4 nitrogen and oxygen atoms in total. The zero-order chi connectivity index (χ0) is 16.0. The summed E-state index contributed by atoms with van der Waals surface area (Å²) in [7, 11) is -3.60. The SMILES string of the molecule is C[C@H](CCc1ccccc1)NS(=O)(=O)c1cccc(C#N)c1. The third kappa shape index (κ3) is 4.42. The van der Waals surface area contributed by atoms with Crippen LogP contribution in [0.3, 0.4) is 0 Å². The molecule has 5 heteroatoms. The standard InChI is InChI=1S/C17H18N2O2S/c1-14(10-11-15-6-3-2-4-7-15)19-22(20,21)17-9-5-8-16(12-17)13-18/h2-9,12,14,19H,10-11H2,1H3/t14-/m1/s1. The summed E-state index contributed by atoms with van der Waals surface area (Å²) in [5, 5.41) is 8.85. The van der Waals surface area contributed by atoms with Crippen LogP contribution in [0.2, 0.25) is 0 Å². The average molecular weight is 314 g/mol. The van der Waals surface area contributed by atoms with Crippen LogP contribution in [-0.2, 0) is 16.4 Å². The third-order valence-electron chi connectivity index (χ3n) is 3.34. The van der Waals surface area contributed by atoms with Gasteiger partial charge in [-0.25, -0.2) is 13.1 Å². The molecule has 114 valence electrons. The van der Waals surface area contributed by atoms with Gasteiger partial charge >= 0.3 is 0 Å². The average Bonchev–Trinajstić information content (AvgIpc) is 2.53. The van der Waals surface area contributed by atoms with Crippen LogP contribution >= 0.6 is 0 Å². The van der Waals surface area contributed by atoms with Crippen LogP contribution in [0.5, 0.6) is 0 Å². The Morgan fingerprint density at radius 2 is 1.86 bits per heavy atom. The summed E-state index contributed by atoms with van der Waals surface area (Å²) in [5.74, 6) is 0. The Bertz CT molecular complexity index is 765. The molecular weight excluding hydrogens is 296 g/mol. The van der Waals surface area contributed by atoms with Gasteiger partial charge in [0.1, 0.15) is 0 Å². The molecule has 0 amide bonds. The van der Waals surface area contributed by atoms with E-state index in [1.165, 1.54) is 17.7 Å². The first-order chi connectivity index (χ1) is 10.5. The minimum Gasteiger partial charge on any atom is -0.208 e. The van der Waals surface area contributed by atoms with E-state index < -0.39 is 10.0 Å². The largest absolute Gasteiger partial charge is 0.240 e. The molecule has 0 unspecified atom stereocenters. The zero-order valence-corrected chi connectivity index (χ0v) is 13.2. The molecule has 1 N–H and O–H groups in total. The molecule has 0 spiro atoms. The first-order valence-electron chi connectivity index (χ1n) is 7.08. The number of nitrogens with zero attached hydrogens (tertiary/aromatic N) is 1. The fourth-order valence-corrected chi connectivity index (χ4v) is 3.48. The lowest BCUT2D eigenvalue weighted by Crippen LogP contribution is -2.33. The summed E-state index contributed by atoms with van der Waals surface area (Å²) < 4.78 is 27.3. The van der Waals surface area contributed by atoms with Gasteiger partial charge in [0, 0.05) is 6.04 Å². The normalized spacial score (nSPS) is 12.5. The van der Waals surface area contributed by atoms with Gasteiger partial charge in [-0.1, -0.05) is 36.4 Å². The zero-order valence-electron chi connectivity index (χ0n) is 12.4. The van der Waals surface area contributed by atoms with E-state index in [9.17, 15) is 8.42 Å². The molecule has 2 aromatic rings. The molecule has 0 saturated carbocycles. The summed E-state index contributed by atoms with van der Waals surface area (Å²) in [4.78, 5) is 0.123. The monoisotopic (exact) mass is 314 g/mol. The molecule has 0 aromatic heterocycles. The van der Waals surface area contributed by atoms with Gasteiger partial charge < -0.3 is 0 Å². The Balaban J connectivity index is 2.00. The molecule has 0 aliphatic rings. The van der Waals surface area contributed by atoms with Gasteiger partial charge in [0.25, 0.3) is 0 Å². The maximum Gasteiger partial charge on any atom is 0.240 e. The van der Waals surface area contributed by atoms with Crippen molar-refractivity contribution < 1.29 is 8.42 Å². The molecule has 1 atom stereocenters. The van der Waals surface area contributed by atoms with E-state index in [2.05, 4.69) is 4.72 Å². The minimum atomic E-state index is -3.60. The van der Waals surface area contributed by atoms with Crippen molar-refractivity contribution in [3.63, 3.8) is 0 Å². The fourth-order valence-electron chi connectivity index (χ4n) is 2.15. The summed E-state index contributed by atoms with van der Waals surface area (Å²) in [6, 6.07) is 17.7. The number of hydrogen-bond donors (Lipinski definition) is 1. The minimum absolute atomic E-state index is 0.123. The fraction of sp³-hybridized carbons (Fsp3) is 0.235. The molecule has 2 aromatic carbocycles. The quantitative estimate of drug-likeness (QED) is 0.891. The number of hydrogen-bond acceptors (Lipinski definition) is 3. The molecule has 0 radical (unpaired) electrons. The van der Waals surface area contributed by atoms with E-state index >= 15 is 0 Å². The first kappa shape index (κ1) is 16.2. The van der Waals surface area contributed by atoms with Gasteiger partial charge in [-0.15, -0.1) is 0 Å². The van der Waals surface area contributed by atoms with E-state index in [4.69, 9.17) is 5.26 Å². The maximum atomic E-state index is 12.3. The van der Waals surface area contributed by atoms with Crippen LogP contribution in [0.1, 0.15) is 24.5 Å². The van der Waals surface area contributed by atoms with Crippen LogP contribution < -0.4 is 4.72 Å². The predicted octanol–water partition coefficient (Wildman–Crippen LogP) is 2.86. The number of nitriles is 1. The van der Waals surface area contributed by atoms with Gasteiger partial charge in [0.2, 0.25) is 10.0 Å². The smallest absolute Gasteiger partial charge is 0.208 e. The number of nitrogens with one attached hydrogen (secondary N) is 1. The van der Waals surface area contributed by atoms with Crippen molar-refractivity contribution in [2.75, 3.05) is 0 Å². The molecular formula is C17H18N2O2S. The van der Waals surface area contributed by atoms with Crippen molar-refractivity contribution in [2.45, 2.75) is 30.7 Å². The molecule has 0 heterocycles. The second kappa shape index (κ2) is 7.21. The van der Waals surface area contributed by atoms with Crippen molar-refractivity contribution in [1.29, 1.82) is 5.26 Å². The van der Waals surface area contributed by atoms with Gasteiger partial charge in [0.05, 0.1) is 16.5 Å². The highest BCUT2D eigenvalue weighted by molar-refractivity contribution is 7.89. The van der Waals surface area contributed by atoms with Crippen molar-refractivity contribution in [3.05, 3.63) is 65.7 Å².